The first-order valence-electron chi connectivity index (χ1n) is 8.54. The summed E-state index contributed by atoms with van der Waals surface area (Å²) in [6.07, 6.45) is 3.66. The Morgan fingerprint density at radius 2 is 2.13 bits per heavy atom. The summed E-state index contributed by atoms with van der Waals surface area (Å²) < 4.78 is 0. The van der Waals surface area contributed by atoms with Gasteiger partial charge in [-0.15, -0.1) is 0 Å². The standard InChI is InChI=1S/C18H28N4O/c1-3-19-18(21-13-15-7-4-6-14(2)12-15)20-11-5-8-17(23)22-16-9-10-16/h4,6-7,12,16H,3,5,8-11,13H2,1-2H3,(H,22,23)(H2,19,20,21). The Morgan fingerprint density at radius 3 is 2.83 bits per heavy atom. The summed E-state index contributed by atoms with van der Waals surface area (Å²) in [5, 5.41) is 9.53. The number of rotatable bonds is 8. The van der Waals surface area contributed by atoms with E-state index in [0.717, 1.165) is 38.3 Å². The number of aryl methyl sites for hydroxylation is 1. The minimum Gasteiger partial charge on any atom is -0.357 e. The summed E-state index contributed by atoms with van der Waals surface area (Å²) in [5.41, 5.74) is 2.45. The van der Waals surface area contributed by atoms with Gasteiger partial charge in [0.1, 0.15) is 0 Å². The fourth-order valence-electron chi connectivity index (χ4n) is 2.31. The second-order valence-corrected chi connectivity index (χ2v) is 6.06. The molecular formula is C18H28N4O. The van der Waals surface area contributed by atoms with Crippen molar-refractivity contribution in [3.63, 3.8) is 0 Å². The van der Waals surface area contributed by atoms with E-state index in [2.05, 4.69) is 52.1 Å². The van der Waals surface area contributed by atoms with Crippen LogP contribution in [0.5, 0.6) is 0 Å². The highest BCUT2D eigenvalue weighted by molar-refractivity contribution is 5.80. The zero-order chi connectivity index (χ0) is 16.5. The molecular weight excluding hydrogens is 288 g/mol. The Kier molecular flexibility index (Phi) is 6.91. The van der Waals surface area contributed by atoms with Gasteiger partial charge in [0.2, 0.25) is 5.91 Å². The van der Waals surface area contributed by atoms with Crippen molar-refractivity contribution in [2.24, 2.45) is 4.99 Å². The molecule has 1 fully saturated rings. The molecule has 5 nitrogen and oxygen atoms in total. The lowest BCUT2D eigenvalue weighted by Gasteiger charge is -2.11. The van der Waals surface area contributed by atoms with Gasteiger partial charge in [-0.1, -0.05) is 29.8 Å². The van der Waals surface area contributed by atoms with Crippen molar-refractivity contribution in [3.8, 4) is 0 Å². The van der Waals surface area contributed by atoms with Gasteiger partial charge in [-0.2, -0.15) is 0 Å². The summed E-state index contributed by atoms with van der Waals surface area (Å²) in [6, 6.07) is 8.82. The van der Waals surface area contributed by atoms with E-state index < -0.39 is 0 Å². The van der Waals surface area contributed by atoms with E-state index in [-0.39, 0.29) is 5.91 Å². The van der Waals surface area contributed by atoms with Crippen molar-refractivity contribution in [2.75, 3.05) is 13.1 Å². The Labute approximate surface area is 139 Å². The van der Waals surface area contributed by atoms with Crippen molar-refractivity contribution < 1.29 is 4.79 Å². The Hall–Kier alpha value is -2.04. The van der Waals surface area contributed by atoms with Crippen LogP contribution in [0.1, 0.15) is 43.7 Å². The third-order valence-electron chi connectivity index (χ3n) is 3.66. The van der Waals surface area contributed by atoms with Crippen LogP contribution in [0.2, 0.25) is 0 Å². The van der Waals surface area contributed by atoms with E-state index in [0.29, 0.717) is 19.0 Å². The predicted octanol–water partition coefficient (Wildman–Crippen LogP) is 2.11. The maximum Gasteiger partial charge on any atom is 0.220 e. The van der Waals surface area contributed by atoms with E-state index in [9.17, 15) is 4.79 Å². The van der Waals surface area contributed by atoms with Gasteiger partial charge in [0.15, 0.2) is 5.96 Å². The SMILES string of the molecule is CCNC(=NCc1cccc(C)c1)NCCCC(=O)NC1CC1. The first-order chi connectivity index (χ1) is 11.2. The van der Waals surface area contributed by atoms with Crippen LogP contribution in [0, 0.1) is 6.92 Å². The largest absolute Gasteiger partial charge is 0.357 e. The minimum atomic E-state index is 0.163. The quantitative estimate of drug-likeness (QED) is 0.391. The molecule has 1 aliphatic carbocycles. The molecule has 0 saturated heterocycles. The Morgan fingerprint density at radius 1 is 1.30 bits per heavy atom. The summed E-state index contributed by atoms with van der Waals surface area (Å²) in [5.74, 6) is 0.965. The van der Waals surface area contributed by atoms with E-state index in [4.69, 9.17) is 0 Å². The van der Waals surface area contributed by atoms with Crippen LogP contribution in [0.4, 0.5) is 0 Å². The normalized spacial score (nSPS) is 14.4. The third kappa shape index (κ3) is 7.17. The number of benzene rings is 1. The molecule has 1 aromatic carbocycles. The minimum absolute atomic E-state index is 0.163. The van der Waals surface area contributed by atoms with E-state index in [1.54, 1.807) is 0 Å². The molecule has 0 unspecified atom stereocenters. The molecule has 1 saturated carbocycles. The van der Waals surface area contributed by atoms with Gasteiger partial charge in [-0.05, 0) is 38.7 Å². The maximum absolute atomic E-state index is 11.6. The van der Waals surface area contributed by atoms with E-state index >= 15 is 0 Å². The highest BCUT2D eigenvalue weighted by atomic mass is 16.1. The van der Waals surface area contributed by atoms with Crippen molar-refractivity contribution >= 4 is 11.9 Å². The number of carbonyl (C=O) groups excluding carboxylic acids is 1. The number of nitrogens with zero attached hydrogens (tertiary/aromatic N) is 1. The average molecular weight is 316 g/mol. The van der Waals surface area contributed by atoms with E-state index in [1.807, 2.05) is 6.92 Å². The van der Waals surface area contributed by atoms with Crippen LogP contribution >= 0.6 is 0 Å². The molecule has 1 aromatic rings. The maximum atomic E-state index is 11.6. The number of guanidine groups is 1. The molecule has 5 heteroatoms. The number of nitrogens with one attached hydrogen (secondary N) is 3. The third-order valence-corrected chi connectivity index (χ3v) is 3.66. The lowest BCUT2D eigenvalue weighted by molar-refractivity contribution is -0.121. The number of amides is 1. The molecule has 23 heavy (non-hydrogen) atoms. The van der Waals surface area contributed by atoms with Gasteiger partial charge >= 0.3 is 0 Å². The molecule has 126 valence electrons. The zero-order valence-electron chi connectivity index (χ0n) is 14.2. The fraction of sp³-hybridized carbons (Fsp3) is 0.556. The first-order valence-corrected chi connectivity index (χ1v) is 8.54. The van der Waals surface area contributed by atoms with Crippen molar-refractivity contribution in [1.29, 1.82) is 0 Å². The molecule has 0 heterocycles. The van der Waals surface area contributed by atoms with Gasteiger partial charge in [0, 0.05) is 25.6 Å². The molecule has 0 atom stereocenters. The van der Waals surface area contributed by atoms with Crippen LogP contribution in [0.15, 0.2) is 29.3 Å². The van der Waals surface area contributed by atoms with Gasteiger partial charge in [-0.3, -0.25) is 4.79 Å². The molecule has 0 spiro atoms. The topological polar surface area (TPSA) is 65.5 Å². The van der Waals surface area contributed by atoms with Gasteiger partial charge in [0.25, 0.3) is 0 Å². The second kappa shape index (κ2) is 9.18. The van der Waals surface area contributed by atoms with Gasteiger partial charge in [-0.25, -0.2) is 4.99 Å². The first kappa shape index (κ1) is 17.3. The molecule has 0 bridgehead atoms. The molecule has 1 amide bonds. The fourth-order valence-corrected chi connectivity index (χ4v) is 2.31. The number of hydrogen-bond donors (Lipinski definition) is 3. The Balaban J connectivity index is 1.71. The van der Waals surface area contributed by atoms with Crippen LogP contribution in [0.3, 0.4) is 0 Å². The highest BCUT2D eigenvalue weighted by Crippen LogP contribution is 2.18. The lowest BCUT2D eigenvalue weighted by atomic mass is 10.1. The molecule has 0 aromatic heterocycles. The number of aliphatic imine (C=N–C) groups is 1. The van der Waals surface area contributed by atoms with Crippen molar-refractivity contribution in [3.05, 3.63) is 35.4 Å². The van der Waals surface area contributed by atoms with Gasteiger partial charge < -0.3 is 16.0 Å². The van der Waals surface area contributed by atoms with Crippen LogP contribution < -0.4 is 16.0 Å². The number of hydrogen-bond acceptors (Lipinski definition) is 2. The smallest absolute Gasteiger partial charge is 0.220 e. The molecule has 0 aliphatic heterocycles. The Bertz CT molecular complexity index is 538. The molecule has 1 aliphatic rings. The molecule has 0 radical (unpaired) electrons. The van der Waals surface area contributed by atoms with Crippen LogP contribution in [0.25, 0.3) is 0 Å². The summed E-state index contributed by atoms with van der Waals surface area (Å²) >= 11 is 0. The van der Waals surface area contributed by atoms with Crippen molar-refractivity contribution in [2.45, 2.75) is 52.1 Å². The lowest BCUT2D eigenvalue weighted by Crippen LogP contribution is -2.38. The predicted molar refractivity (Wildman–Crippen MR) is 94.4 cm³/mol. The van der Waals surface area contributed by atoms with Crippen LogP contribution in [-0.2, 0) is 11.3 Å². The molecule has 2 rings (SSSR count). The summed E-state index contributed by atoms with van der Waals surface area (Å²) in [7, 11) is 0. The summed E-state index contributed by atoms with van der Waals surface area (Å²) in [6.45, 7) is 6.36. The monoisotopic (exact) mass is 316 g/mol. The number of carbonyl (C=O) groups is 1. The van der Waals surface area contributed by atoms with E-state index in [1.165, 1.54) is 11.1 Å². The van der Waals surface area contributed by atoms with Crippen LogP contribution in [-0.4, -0.2) is 31.0 Å². The average Bonchev–Trinajstić information content (AvgIpc) is 3.33. The summed E-state index contributed by atoms with van der Waals surface area (Å²) in [4.78, 5) is 16.2. The van der Waals surface area contributed by atoms with Crippen molar-refractivity contribution in [1.82, 2.24) is 16.0 Å². The zero-order valence-corrected chi connectivity index (χ0v) is 14.2. The highest BCUT2D eigenvalue weighted by Gasteiger charge is 2.22. The van der Waals surface area contributed by atoms with Gasteiger partial charge in [0.05, 0.1) is 6.54 Å². The second-order valence-electron chi connectivity index (χ2n) is 6.06. The molecule has 3 N–H and O–H groups in total.